The Balaban J connectivity index is 2.24. The normalized spacial score (nSPS) is 11.2. The van der Waals surface area contributed by atoms with Gasteiger partial charge >= 0.3 is 0 Å². The van der Waals surface area contributed by atoms with Crippen LogP contribution in [-0.4, -0.2) is 18.1 Å². The molecule has 0 saturated carbocycles. The van der Waals surface area contributed by atoms with Crippen molar-refractivity contribution in [2.45, 2.75) is 4.90 Å². The van der Waals surface area contributed by atoms with Crippen LogP contribution in [0, 0.1) is 0 Å². The van der Waals surface area contributed by atoms with E-state index in [1.165, 1.54) is 30.3 Å². The van der Waals surface area contributed by atoms with Gasteiger partial charge in [-0.1, -0.05) is 12.1 Å². The summed E-state index contributed by atoms with van der Waals surface area (Å²) in [5.41, 5.74) is 0. The van der Waals surface area contributed by atoms with Gasteiger partial charge in [-0.05, 0) is 36.4 Å². The van der Waals surface area contributed by atoms with Crippen LogP contribution in [0.15, 0.2) is 53.4 Å². The second-order valence-electron chi connectivity index (χ2n) is 3.52. The van der Waals surface area contributed by atoms with E-state index in [4.69, 9.17) is 9.29 Å². The van der Waals surface area contributed by atoms with Gasteiger partial charge in [-0.25, -0.2) is 0 Å². The summed E-state index contributed by atoms with van der Waals surface area (Å²) in [6, 6.07) is 11.6. The predicted octanol–water partition coefficient (Wildman–Crippen LogP) is 2.43. The van der Waals surface area contributed by atoms with Crippen LogP contribution in [0.4, 0.5) is 0 Å². The summed E-state index contributed by atoms with van der Waals surface area (Å²) < 4.78 is 35.8. The van der Waals surface area contributed by atoms with E-state index in [0.717, 1.165) is 0 Å². The molecule has 94 valence electrons. The molecular weight excluding hydrogens is 256 g/mol. The highest BCUT2D eigenvalue weighted by atomic mass is 32.2. The summed E-state index contributed by atoms with van der Waals surface area (Å²) in [4.78, 5) is -0.216. The fourth-order valence-electron chi connectivity index (χ4n) is 1.35. The Kier molecular flexibility index (Phi) is 3.22. The Morgan fingerprint density at radius 1 is 0.944 bits per heavy atom. The number of phenols is 1. The van der Waals surface area contributed by atoms with E-state index >= 15 is 0 Å². The maximum Gasteiger partial charge on any atom is 0.294 e. The number of rotatable bonds is 3. The van der Waals surface area contributed by atoms with Crippen LogP contribution in [0.3, 0.4) is 0 Å². The fourth-order valence-corrected chi connectivity index (χ4v) is 1.83. The summed E-state index contributed by atoms with van der Waals surface area (Å²) in [6.07, 6.45) is 0. The quantitative estimate of drug-likeness (QED) is 0.833. The van der Waals surface area contributed by atoms with Crippen LogP contribution in [0.25, 0.3) is 0 Å². The molecule has 18 heavy (non-hydrogen) atoms. The molecule has 0 aliphatic heterocycles. The lowest BCUT2D eigenvalue weighted by atomic mass is 10.3. The van der Waals surface area contributed by atoms with Crippen LogP contribution in [0.1, 0.15) is 0 Å². The van der Waals surface area contributed by atoms with E-state index in [9.17, 15) is 13.5 Å². The first-order chi connectivity index (χ1) is 8.47. The third kappa shape index (κ3) is 2.79. The van der Waals surface area contributed by atoms with Gasteiger partial charge in [0, 0.05) is 0 Å². The highest BCUT2D eigenvalue weighted by Gasteiger charge is 2.09. The third-order valence-corrected chi connectivity index (χ3v) is 3.08. The standard InChI is InChI=1S/C12H10O5S/c13-11-3-1-2-4-12(11)17-9-5-7-10(8-6-9)18(14,15)16/h1-8,13H,(H,14,15,16). The molecule has 2 aromatic carbocycles. The van der Waals surface area contributed by atoms with Crippen molar-refractivity contribution in [3.63, 3.8) is 0 Å². The van der Waals surface area contributed by atoms with E-state index in [2.05, 4.69) is 0 Å². The van der Waals surface area contributed by atoms with E-state index in [-0.39, 0.29) is 16.4 Å². The zero-order valence-corrected chi connectivity index (χ0v) is 9.96. The maximum absolute atomic E-state index is 10.8. The minimum Gasteiger partial charge on any atom is -0.504 e. The van der Waals surface area contributed by atoms with Gasteiger partial charge in [-0.2, -0.15) is 8.42 Å². The minimum atomic E-state index is -4.21. The molecule has 0 spiro atoms. The second-order valence-corrected chi connectivity index (χ2v) is 4.94. The monoisotopic (exact) mass is 266 g/mol. The summed E-state index contributed by atoms with van der Waals surface area (Å²) in [6.45, 7) is 0. The van der Waals surface area contributed by atoms with Crippen molar-refractivity contribution >= 4 is 10.1 Å². The third-order valence-electron chi connectivity index (χ3n) is 2.21. The number of hydrogen-bond acceptors (Lipinski definition) is 4. The van der Waals surface area contributed by atoms with Crippen molar-refractivity contribution in [2.24, 2.45) is 0 Å². The zero-order valence-electron chi connectivity index (χ0n) is 9.15. The van der Waals surface area contributed by atoms with Crippen molar-refractivity contribution < 1.29 is 22.8 Å². The molecule has 0 radical (unpaired) electrons. The van der Waals surface area contributed by atoms with Gasteiger partial charge in [0.25, 0.3) is 10.1 Å². The maximum atomic E-state index is 10.8. The molecule has 2 N–H and O–H groups in total. The van der Waals surface area contributed by atoms with Gasteiger partial charge in [0.2, 0.25) is 0 Å². The van der Waals surface area contributed by atoms with E-state index in [1.54, 1.807) is 18.2 Å². The smallest absolute Gasteiger partial charge is 0.294 e. The van der Waals surface area contributed by atoms with Gasteiger partial charge in [0.1, 0.15) is 5.75 Å². The Labute approximate surface area is 104 Å². The Morgan fingerprint density at radius 3 is 2.11 bits per heavy atom. The van der Waals surface area contributed by atoms with Gasteiger partial charge in [0.15, 0.2) is 11.5 Å². The lowest BCUT2D eigenvalue weighted by Crippen LogP contribution is -1.97. The van der Waals surface area contributed by atoms with Crippen molar-refractivity contribution in [2.75, 3.05) is 0 Å². The van der Waals surface area contributed by atoms with Crippen LogP contribution in [0.5, 0.6) is 17.2 Å². The molecule has 0 aliphatic rings. The van der Waals surface area contributed by atoms with Crippen molar-refractivity contribution in [3.8, 4) is 17.2 Å². The van der Waals surface area contributed by atoms with Crippen molar-refractivity contribution in [3.05, 3.63) is 48.5 Å². The van der Waals surface area contributed by atoms with Gasteiger partial charge in [0.05, 0.1) is 4.90 Å². The Bertz CT molecular complexity index is 646. The lowest BCUT2D eigenvalue weighted by molar-refractivity contribution is 0.411. The molecule has 2 aromatic rings. The molecule has 2 rings (SSSR count). The fraction of sp³-hybridized carbons (Fsp3) is 0. The minimum absolute atomic E-state index is 0.0173. The number of benzene rings is 2. The summed E-state index contributed by atoms with van der Waals surface area (Å²) in [7, 11) is -4.21. The molecule has 0 heterocycles. The highest BCUT2D eigenvalue weighted by Crippen LogP contribution is 2.30. The number of ether oxygens (including phenoxy) is 1. The molecule has 0 aliphatic carbocycles. The largest absolute Gasteiger partial charge is 0.504 e. The molecule has 0 amide bonds. The number of aromatic hydroxyl groups is 1. The molecule has 0 fully saturated rings. The van der Waals surface area contributed by atoms with Crippen LogP contribution in [0.2, 0.25) is 0 Å². The van der Waals surface area contributed by atoms with Crippen molar-refractivity contribution in [1.82, 2.24) is 0 Å². The number of hydrogen-bond donors (Lipinski definition) is 2. The Hall–Kier alpha value is -2.05. The summed E-state index contributed by atoms with van der Waals surface area (Å²) >= 11 is 0. The highest BCUT2D eigenvalue weighted by molar-refractivity contribution is 7.85. The molecular formula is C12H10O5S. The lowest BCUT2D eigenvalue weighted by Gasteiger charge is -2.07. The number of phenolic OH excluding ortho intramolecular Hbond substituents is 1. The average molecular weight is 266 g/mol. The van der Waals surface area contributed by atoms with Gasteiger partial charge in [-0.3, -0.25) is 4.55 Å². The first-order valence-corrected chi connectivity index (χ1v) is 6.44. The van der Waals surface area contributed by atoms with Crippen LogP contribution >= 0.6 is 0 Å². The molecule has 0 atom stereocenters. The Morgan fingerprint density at radius 2 is 1.56 bits per heavy atom. The second kappa shape index (κ2) is 4.67. The van der Waals surface area contributed by atoms with Crippen LogP contribution in [-0.2, 0) is 10.1 Å². The summed E-state index contributed by atoms with van der Waals surface area (Å²) in [5, 5.41) is 9.49. The molecule has 0 aromatic heterocycles. The number of para-hydroxylation sites is 2. The first kappa shape index (κ1) is 12.4. The summed E-state index contributed by atoms with van der Waals surface area (Å²) in [5.74, 6) is 0.595. The van der Waals surface area contributed by atoms with Crippen LogP contribution < -0.4 is 4.74 Å². The molecule has 0 bridgehead atoms. The average Bonchev–Trinajstić information content (AvgIpc) is 2.32. The van der Waals surface area contributed by atoms with Crippen molar-refractivity contribution in [1.29, 1.82) is 0 Å². The van der Waals surface area contributed by atoms with Gasteiger partial charge < -0.3 is 9.84 Å². The predicted molar refractivity (Wildman–Crippen MR) is 64.4 cm³/mol. The zero-order chi connectivity index (χ0) is 13.2. The van der Waals surface area contributed by atoms with E-state index in [0.29, 0.717) is 5.75 Å². The first-order valence-electron chi connectivity index (χ1n) is 5.00. The topological polar surface area (TPSA) is 83.8 Å². The molecule has 0 saturated heterocycles. The molecule has 0 unspecified atom stereocenters. The molecule has 5 nitrogen and oxygen atoms in total. The SMILES string of the molecule is O=S(=O)(O)c1ccc(Oc2ccccc2O)cc1. The van der Waals surface area contributed by atoms with E-state index < -0.39 is 10.1 Å². The molecule has 6 heteroatoms. The van der Waals surface area contributed by atoms with Gasteiger partial charge in [-0.15, -0.1) is 0 Å². The van der Waals surface area contributed by atoms with E-state index in [1.807, 2.05) is 0 Å².